The van der Waals surface area contributed by atoms with Gasteiger partial charge in [-0.1, -0.05) is 12.8 Å². The molecule has 1 aromatic rings. The van der Waals surface area contributed by atoms with Crippen LogP contribution in [0.3, 0.4) is 0 Å². The molecule has 0 aromatic carbocycles. The van der Waals surface area contributed by atoms with Crippen LogP contribution in [0, 0.1) is 11.8 Å². The zero-order valence-corrected chi connectivity index (χ0v) is 11.8. The van der Waals surface area contributed by atoms with Crippen LogP contribution in [0.25, 0.3) is 0 Å². The zero-order valence-electron chi connectivity index (χ0n) is 11.8. The van der Waals surface area contributed by atoms with Crippen LogP contribution in [0.2, 0.25) is 0 Å². The van der Waals surface area contributed by atoms with Gasteiger partial charge in [-0.3, -0.25) is 4.79 Å². The topological polar surface area (TPSA) is 67.2 Å². The minimum Gasteiger partial charge on any atom is -0.481 e. The molecule has 2 unspecified atom stereocenters. The van der Waals surface area contributed by atoms with E-state index >= 15 is 0 Å². The second-order valence-electron chi connectivity index (χ2n) is 6.14. The summed E-state index contributed by atoms with van der Waals surface area (Å²) in [6, 6.07) is 0.649. The number of hydrogen-bond donors (Lipinski definition) is 2. The molecule has 2 fully saturated rings. The van der Waals surface area contributed by atoms with Gasteiger partial charge in [0.25, 0.3) is 0 Å². The van der Waals surface area contributed by atoms with Crippen molar-refractivity contribution in [3.63, 3.8) is 0 Å². The van der Waals surface area contributed by atoms with Gasteiger partial charge >= 0.3 is 5.97 Å². The number of carboxylic acids is 1. The summed E-state index contributed by atoms with van der Waals surface area (Å²) in [4.78, 5) is 15.5. The first-order valence-corrected chi connectivity index (χ1v) is 7.70. The maximum Gasteiger partial charge on any atom is 0.306 e. The largest absolute Gasteiger partial charge is 0.481 e. The highest BCUT2D eigenvalue weighted by Crippen LogP contribution is 2.35. The summed E-state index contributed by atoms with van der Waals surface area (Å²) in [5, 5.41) is 12.7. The Balaban J connectivity index is 1.51. The molecule has 0 bridgehead atoms. The van der Waals surface area contributed by atoms with Gasteiger partial charge in [-0.05, 0) is 38.1 Å². The van der Waals surface area contributed by atoms with Gasteiger partial charge in [-0.25, -0.2) is 4.98 Å². The molecular formula is C15H23N3O2. The second kappa shape index (κ2) is 5.95. The third-order valence-electron chi connectivity index (χ3n) is 4.63. The minimum absolute atomic E-state index is 0.162. The molecule has 0 amide bonds. The number of carbonyl (C=O) groups is 1. The maximum absolute atomic E-state index is 11.3. The highest BCUT2D eigenvalue weighted by Gasteiger charge is 2.30. The monoisotopic (exact) mass is 277 g/mol. The van der Waals surface area contributed by atoms with Crippen molar-refractivity contribution in [2.45, 2.75) is 51.1 Å². The molecule has 0 spiro atoms. The smallest absolute Gasteiger partial charge is 0.306 e. The van der Waals surface area contributed by atoms with E-state index in [1.54, 1.807) is 0 Å². The Labute approximate surface area is 119 Å². The highest BCUT2D eigenvalue weighted by atomic mass is 16.4. The first-order valence-electron chi connectivity index (χ1n) is 7.70. The van der Waals surface area contributed by atoms with Gasteiger partial charge in [0.2, 0.25) is 0 Å². The number of carboxylic acid groups (broad SMARTS) is 1. The molecule has 0 radical (unpaired) electrons. The van der Waals surface area contributed by atoms with Gasteiger partial charge < -0.3 is 15.0 Å². The molecule has 1 heterocycles. The second-order valence-corrected chi connectivity index (χ2v) is 6.14. The van der Waals surface area contributed by atoms with Crippen molar-refractivity contribution >= 4 is 5.97 Å². The normalized spacial score (nSPS) is 26.6. The number of aromatic nitrogens is 2. The zero-order chi connectivity index (χ0) is 13.9. The Morgan fingerprint density at radius 1 is 1.35 bits per heavy atom. The number of hydrogen-bond acceptors (Lipinski definition) is 3. The first kappa shape index (κ1) is 13.6. The van der Waals surface area contributed by atoms with E-state index in [1.165, 1.54) is 18.5 Å². The Morgan fingerprint density at radius 2 is 2.15 bits per heavy atom. The van der Waals surface area contributed by atoms with Gasteiger partial charge in [0.15, 0.2) is 0 Å². The van der Waals surface area contributed by atoms with Crippen LogP contribution in [-0.2, 0) is 11.3 Å². The van der Waals surface area contributed by atoms with E-state index in [-0.39, 0.29) is 11.8 Å². The fraction of sp³-hybridized carbons (Fsp3) is 0.733. The quantitative estimate of drug-likeness (QED) is 0.836. The van der Waals surface area contributed by atoms with Crippen LogP contribution in [0.15, 0.2) is 12.5 Å². The van der Waals surface area contributed by atoms with E-state index in [0.717, 1.165) is 38.8 Å². The van der Waals surface area contributed by atoms with E-state index in [4.69, 9.17) is 0 Å². The predicted octanol–water partition coefficient (Wildman–Crippen LogP) is 2.20. The third-order valence-corrected chi connectivity index (χ3v) is 4.63. The van der Waals surface area contributed by atoms with E-state index in [2.05, 4.69) is 14.9 Å². The lowest BCUT2D eigenvalue weighted by Crippen LogP contribution is -2.34. The summed E-state index contributed by atoms with van der Waals surface area (Å²) >= 11 is 0. The molecule has 1 aromatic heterocycles. The van der Waals surface area contributed by atoms with Crippen molar-refractivity contribution < 1.29 is 9.90 Å². The summed E-state index contributed by atoms with van der Waals surface area (Å²) in [7, 11) is 0. The van der Waals surface area contributed by atoms with Gasteiger partial charge in [-0.15, -0.1) is 0 Å². The number of nitrogens with zero attached hydrogens (tertiary/aromatic N) is 2. The molecule has 3 rings (SSSR count). The van der Waals surface area contributed by atoms with Gasteiger partial charge in [-0.2, -0.15) is 0 Å². The number of aliphatic carboxylic acids is 1. The lowest BCUT2D eigenvalue weighted by atomic mass is 9.79. The van der Waals surface area contributed by atoms with Crippen molar-refractivity contribution in [1.29, 1.82) is 0 Å². The Hall–Kier alpha value is -1.36. The molecule has 20 heavy (non-hydrogen) atoms. The Kier molecular flexibility index (Phi) is 4.05. The van der Waals surface area contributed by atoms with Crippen LogP contribution in [0.5, 0.6) is 0 Å². The van der Waals surface area contributed by atoms with Gasteiger partial charge in [0.1, 0.15) is 0 Å². The third kappa shape index (κ3) is 3.03. The van der Waals surface area contributed by atoms with E-state index in [1.807, 2.05) is 12.5 Å². The van der Waals surface area contributed by atoms with E-state index < -0.39 is 5.97 Å². The van der Waals surface area contributed by atoms with E-state index in [0.29, 0.717) is 6.04 Å². The van der Waals surface area contributed by atoms with E-state index in [9.17, 15) is 9.90 Å². The molecule has 0 aliphatic heterocycles. The first-order chi connectivity index (χ1) is 9.75. The minimum atomic E-state index is -0.625. The SMILES string of the molecule is O=C(O)C1CCCCC1CNCc1cncn1C1CC1. The van der Waals surface area contributed by atoms with Crippen molar-refractivity contribution in [1.82, 2.24) is 14.9 Å². The lowest BCUT2D eigenvalue weighted by Gasteiger charge is -2.28. The average molecular weight is 277 g/mol. The molecule has 2 aliphatic rings. The van der Waals surface area contributed by atoms with Crippen LogP contribution in [0.4, 0.5) is 0 Å². The molecule has 2 aliphatic carbocycles. The number of nitrogens with one attached hydrogen (secondary N) is 1. The molecule has 2 atom stereocenters. The fourth-order valence-corrected chi connectivity index (χ4v) is 3.31. The Bertz CT molecular complexity index is 467. The highest BCUT2D eigenvalue weighted by molar-refractivity contribution is 5.70. The van der Waals surface area contributed by atoms with Crippen LogP contribution < -0.4 is 5.32 Å². The Morgan fingerprint density at radius 3 is 2.90 bits per heavy atom. The summed E-state index contributed by atoms with van der Waals surface area (Å²) in [5.74, 6) is -0.511. The number of rotatable bonds is 6. The van der Waals surface area contributed by atoms with Crippen molar-refractivity contribution in [3.05, 3.63) is 18.2 Å². The van der Waals surface area contributed by atoms with Crippen LogP contribution in [-0.4, -0.2) is 27.2 Å². The van der Waals surface area contributed by atoms with Crippen molar-refractivity contribution in [3.8, 4) is 0 Å². The summed E-state index contributed by atoms with van der Waals surface area (Å²) in [6.07, 6.45) is 10.4. The molecule has 5 nitrogen and oxygen atoms in total. The van der Waals surface area contributed by atoms with Crippen molar-refractivity contribution in [2.24, 2.45) is 11.8 Å². The summed E-state index contributed by atoms with van der Waals surface area (Å²) < 4.78 is 2.25. The van der Waals surface area contributed by atoms with Crippen molar-refractivity contribution in [2.75, 3.05) is 6.54 Å². The summed E-state index contributed by atoms with van der Waals surface area (Å²) in [6.45, 7) is 1.59. The molecule has 2 saturated carbocycles. The molecular weight excluding hydrogens is 254 g/mol. The molecule has 2 N–H and O–H groups in total. The number of imidazole rings is 1. The average Bonchev–Trinajstić information content (AvgIpc) is 3.19. The predicted molar refractivity (Wildman–Crippen MR) is 75.3 cm³/mol. The van der Waals surface area contributed by atoms with Crippen LogP contribution in [0.1, 0.15) is 50.3 Å². The van der Waals surface area contributed by atoms with Gasteiger partial charge in [0, 0.05) is 18.8 Å². The standard InChI is InChI=1S/C15H23N3O2/c19-15(20)14-4-2-1-3-11(14)7-16-8-13-9-17-10-18(13)12-5-6-12/h9-12,14,16H,1-8H2,(H,19,20). The fourth-order valence-electron chi connectivity index (χ4n) is 3.31. The summed E-state index contributed by atoms with van der Waals surface area (Å²) in [5.41, 5.74) is 1.22. The lowest BCUT2D eigenvalue weighted by molar-refractivity contribution is -0.144. The molecule has 110 valence electrons. The molecule has 0 saturated heterocycles. The van der Waals surface area contributed by atoms with Gasteiger partial charge in [0.05, 0.1) is 17.9 Å². The molecule has 5 heteroatoms. The van der Waals surface area contributed by atoms with Crippen LogP contribution >= 0.6 is 0 Å². The maximum atomic E-state index is 11.3.